The van der Waals surface area contributed by atoms with Crippen molar-refractivity contribution < 1.29 is 14.2 Å². The monoisotopic (exact) mass is 386 g/mol. The maximum absolute atomic E-state index is 6.33. The van der Waals surface area contributed by atoms with Crippen LogP contribution < -0.4 is 0 Å². The number of hydrogen-bond donors (Lipinski definition) is 0. The van der Waals surface area contributed by atoms with E-state index < -0.39 is 5.97 Å². The minimum Gasteiger partial charge on any atom is -0.331 e. The molecule has 3 heteroatoms. The first-order chi connectivity index (χ1) is 13.2. The van der Waals surface area contributed by atoms with Crippen LogP contribution in [0, 0.1) is 5.92 Å². The minimum absolute atomic E-state index is 0.321. The molecule has 0 radical (unpaired) electrons. The van der Waals surface area contributed by atoms with Crippen molar-refractivity contribution in [3.8, 4) is 0 Å². The summed E-state index contributed by atoms with van der Waals surface area (Å²) in [7, 11) is 1.77. The van der Waals surface area contributed by atoms with Gasteiger partial charge >= 0.3 is 0 Å². The van der Waals surface area contributed by atoms with Crippen LogP contribution in [0.3, 0.4) is 0 Å². The molecule has 0 aliphatic heterocycles. The zero-order valence-corrected chi connectivity index (χ0v) is 19.3. The Morgan fingerprint density at radius 1 is 0.556 bits per heavy atom. The third-order valence-corrected chi connectivity index (χ3v) is 5.43. The Morgan fingerprint density at radius 3 is 1.52 bits per heavy atom. The average molecular weight is 387 g/mol. The fraction of sp³-hybridized carbons (Fsp3) is 1.00. The topological polar surface area (TPSA) is 27.7 Å². The molecular weight excluding hydrogens is 336 g/mol. The zero-order chi connectivity index (χ0) is 20.2. The standard InChI is InChI=1S/C24H50O3/c1-6-10-13-14-15-16-20-23(19-9-4)24(25-5,26-21-17-11-7-2)27-22-18-12-8-3/h23H,6-22H2,1-5H3. The molecule has 0 spiro atoms. The van der Waals surface area contributed by atoms with Crippen molar-refractivity contribution in [1.82, 2.24) is 0 Å². The van der Waals surface area contributed by atoms with Gasteiger partial charge in [-0.15, -0.1) is 0 Å². The molecule has 1 unspecified atom stereocenters. The Balaban J connectivity index is 4.79. The maximum Gasteiger partial charge on any atom is 0.285 e. The molecule has 0 N–H and O–H groups in total. The van der Waals surface area contributed by atoms with Crippen molar-refractivity contribution >= 4 is 0 Å². The van der Waals surface area contributed by atoms with Gasteiger partial charge in [0.2, 0.25) is 0 Å². The van der Waals surface area contributed by atoms with Crippen LogP contribution in [0.25, 0.3) is 0 Å². The molecule has 27 heavy (non-hydrogen) atoms. The largest absolute Gasteiger partial charge is 0.331 e. The van der Waals surface area contributed by atoms with Crippen LogP contribution in [-0.2, 0) is 14.2 Å². The van der Waals surface area contributed by atoms with Crippen molar-refractivity contribution in [3.05, 3.63) is 0 Å². The number of unbranched alkanes of at least 4 members (excludes halogenated alkanes) is 9. The van der Waals surface area contributed by atoms with Crippen LogP contribution >= 0.6 is 0 Å². The minimum atomic E-state index is -0.846. The van der Waals surface area contributed by atoms with Crippen LogP contribution in [0.2, 0.25) is 0 Å². The fourth-order valence-electron chi connectivity index (χ4n) is 3.71. The molecule has 0 aromatic heterocycles. The predicted molar refractivity (Wildman–Crippen MR) is 117 cm³/mol. The van der Waals surface area contributed by atoms with Crippen LogP contribution in [0.1, 0.15) is 124 Å². The molecule has 0 aromatic carbocycles. The van der Waals surface area contributed by atoms with E-state index in [4.69, 9.17) is 14.2 Å². The van der Waals surface area contributed by atoms with Crippen molar-refractivity contribution in [2.75, 3.05) is 20.3 Å². The van der Waals surface area contributed by atoms with Gasteiger partial charge in [0.15, 0.2) is 0 Å². The molecule has 0 aliphatic rings. The van der Waals surface area contributed by atoms with E-state index in [1.807, 2.05) is 0 Å². The van der Waals surface area contributed by atoms with E-state index in [0.29, 0.717) is 5.92 Å². The molecule has 0 heterocycles. The van der Waals surface area contributed by atoms with Gasteiger partial charge in [-0.25, -0.2) is 0 Å². The lowest BCUT2D eigenvalue weighted by Gasteiger charge is -2.39. The summed E-state index contributed by atoms with van der Waals surface area (Å²) in [6.07, 6.45) is 18.3. The first-order valence-corrected chi connectivity index (χ1v) is 12.0. The van der Waals surface area contributed by atoms with Gasteiger partial charge in [-0.3, -0.25) is 0 Å². The van der Waals surface area contributed by atoms with Crippen molar-refractivity contribution in [3.63, 3.8) is 0 Å². The summed E-state index contributed by atoms with van der Waals surface area (Å²) in [5.74, 6) is -0.525. The van der Waals surface area contributed by atoms with Crippen molar-refractivity contribution in [1.29, 1.82) is 0 Å². The Labute approximate surface area is 170 Å². The van der Waals surface area contributed by atoms with Crippen molar-refractivity contribution in [2.24, 2.45) is 5.92 Å². The first-order valence-electron chi connectivity index (χ1n) is 12.0. The number of methoxy groups -OCH3 is 1. The normalized spacial score (nSPS) is 13.2. The number of rotatable bonds is 21. The summed E-state index contributed by atoms with van der Waals surface area (Å²) in [4.78, 5) is 0. The third kappa shape index (κ3) is 12.9. The average Bonchev–Trinajstić information content (AvgIpc) is 2.69. The summed E-state index contributed by atoms with van der Waals surface area (Å²) in [5, 5.41) is 0. The van der Waals surface area contributed by atoms with E-state index >= 15 is 0 Å². The highest BCUT2D eigenvalue weighted by Crippen LogP contribution is 2.34. The lowest BCUT2D eigenvalue weighted by molar-refractivity contribution is -0.398. The Morgan fingerprint density at radius 2 is 1.04 bits per heavy atom. The molecule has 0 fully saturated rings. The smallest absolute Gasteiger partial charge is 0.285 e. The highest BCUT2D eigenvalue weighted by Gasteiger charge is 2.40. The molecule has 0 aliphatic carbocycles. The second kappa shape index (κ2) is 19.2. The summed E-state index contributed by atoms with van der Waals surface area (Å²) in [6, 6.07) is 0. The quantitative estimate of drug-likeness (QED) is 0.148. The van der Waals surface area contributed by atoms with Crippen LogP contribution in [-0.4, -0.2) is 26.3 Å². The highest BCUT2D eigenvalue weighted by atomic mass is 16.9. The van der Waals surface area contributed by atoms with Gasteiger partial charge < -0.3 is 14.2 Å². The van der Waals surface area contributed by atoms with Crippen LogP contribution in [0.4, 0.5) is 0 Å². The van der Waals surface area contributed by atoms with Crippen LogP contribution in [0.15, 0.2) is 0 Å². The zero-order valence-electron chi connectivity index (χ0n) is 19.3. The number of hydrogen-bond acceptors (Lipinski definition) is 3. The second-order valence-electron chi connectivity index (χ2n) is 7.96. The predicted octanol–water partition coefficient (Wildman–Crippen LogP) is 7.87. The van der Waals surface area contributed by atoms with Gasteiger partial charge in [0.05, 0.1) is 13.2 Å². The van der Waals surface area contributed by atoms with Gasteiger partial charge in [0.1, 0.15) is 0 Å². The summed E-state index contributed by atoms with van der Waals surface area (Å²) >= 11 is 0. The first kappa shape index (κ1) is 26.9. The van der Waals surface area contributed by atoms with E-state index in [1.54, 1.807) is 7.11 Å². The highest BCUT2D eigenvalue weighted by molar-refractivity contribution is 4.72. The molecule has 164 valence electrons. The van der Waals surface area contributed by atoms with Gasteiger partial charge in [-0.05, 0) is 25.7 Å². The third-order valence-electron chi connectivity index (χ3n) is 5.43. The van der Waals surface area contributed by atoms with Gasteiger partial charge in [0, 0.05) is 13.0 Å². The molecule has 0 bridgehead atoms. The second-order valence-corrected chi connectivity index (χ2v) is 7.96. The van der Waals surface area contributed by atoms with E-state index in [-0.39, 0.29) is 0 Å². The molecule has 0 rings (SSSR count). The number of ether oxygens (including phenoxy) is 3. The van der Waals surface area contributed by atoms with Gasteiger partial charge in [-0.2, -0.15) is 0 Å². The van der Waals surface area contributed by atoms with Gasteiger partial charge in [-0.1, -0.05) is 98.3 Å². The maximum atomic E-state index is 6.33. The SMILES string of the molecule is CCCCCCCCC(CCC)C(OC)(OCCCCC)OCCCCC. The molecule has 0 saturated heterocycles. The Bertz CT molecular complexity index is 281. The molecule has 1 atom stereocenters. The Hall–Kier alpha value is -0.120. The van der Waals surface area contributed by atoms with E-state index in [9.17, 15) is 0 Å². The van der Waals surface area contributed by atoms with Crippen LogP contribution in [0.5, 0.6) is 0 Å². The molecular formula is C24H50O3. The van der Waals surface area contributed by atoms with E-state index in [0.717, 1.165) is 45.3 Å². The van der Waals surface area contributed by atoms with E-state index in [2.05, 4.69) is 27.7 Å². The summed E-state index contributed by atoms with van der Waals surface area (Å²) in [5.41, 5.74) is 0. The molecule has 0 saturated carbocycles. The summed E-state index contributed by atoms with van der Waals surface area (Å²) < 4.78 is 18.6. The molecule has 0 amide bonds. The lowest BCUT2D eigenvalue weighted by atomic mass is 9.93. The summed E-state index contributed by atoms with van der Waals surface area (Å²) in [6.45, 7) is 10.4. The van der Waals surface area contributed by atoms with Crippen molar-refractivity contribution in [2.45, 2.75) is 130 Å². The molecule has 3 nitrogen and oxygen atoms in total. The van der Waals surface area contributed by atoms with Gasteiger partial charge in [0.25, 0.3) is 5.97 Å². The van der Waals surface area contributed by atoms with E-state index in [1.165, 1.54) is 64.2 Å². The molecule has 0 aromatic rings. The fourth-order valence-corrected chi connectivity index (χ4v) is 3.71. The lowest BCUT2D eigenvalue weighted by Crippen LogP contribution is -2.46. The Kier molecular flexibility index (Phi) is 19.1.